The lowest BCUT2D eigenvalue weighted by Gasteiger charge is -2.60. The molecule has 4 bridgehead atoms. The molecule has 4 aliphatic carbocycles. The second kappa shape index (κ2) is 6.80. The number of hydrogen-bond donors (Lipinski definition) is 2. The number of carbonyl (C=O) groups is 1. The van der Waals surface area contributed by atoms with E-state index in [2.05, 4.69) is 31.2 Å². The van der Waals surface area contributed by atoms with E-state index in [0.717, 1.165) is 31.2 Å². The molecule has 1 aromatic heterocycles. The second-order valence-electron chi connectivity index (χ2n) is 9.30. The van der Waals surface area contributed by atoms with Crippen molar-refractivity contribution in [3.63, 3.8) is 0 Å². The summed E-state index contributed by atoms with van der Waals surface area (Å²) in [5.74, 6) is 0.844. The zero-order chi connectivity index (χ0) is 21.1. The molecular formula is C21H25BrN6O2. The molecule has 4 aliphatic rings. The van der Waals surface area contributed by atoms with Crippen LogP contribution in [0.5, 0.6) is 0 Å². The minimum absolute atomic E-state index is 0.160. The van der Waals surface area contributed by atoms with Gasteiger partial charge in [-0.25, -0.2) is 14.5 Å². The summed E-state index contributed by atoms with van der Waals surface area (Å²) in [6.07, 6.45) is 7.38. The first kappa shape index (κ1) is 19.5. The highest BCUT2D eigenvalue weighted by Crippen LogP contribution is 2.64. The Bertz CT molecular complexity index is 1030. The molecule has 0 aliphatic heterocycles. The minimum atomic E-state index is -0.545. The molecule has 0 radical (unpaired) electrons. The fourth-order valence-electron chi connectivity index (χ4n) is 6.36. The average Bonchev–Trinajstić information content (AvgIpc) is 3.14. The normalized spacial score (nSPS) is 32.4. The maximum absolute atomic E-state index is 13.3. The van der Waals surface area contributed by atoms with Gasteiger partial charge < -0.3 is 16.3 Å². The van der Waals surface area contributed by atoms with Crippen molar-refractivity contribution in [2.45, 2.75) is 51.0 Å². The van der Waals surface area contributed by atoms with Crippen LogP contribution in [0.1, 0.15) is 49.7 Å². The molecule has 0 amide bonds. The third-order valence-corrected chi connectivity index (χ3v) is 7.66. The van der Waals surface area contributed by atoms with Crippen molar-refractivity contribution in [1.29, 1.82) is 0 Å². The molecule has 2 unspecified atom stereocenters. The summed E-state index contributed by atoms with van der Waals surface area (Å²) in [7, 11) is 0. The van der Waals surface area contributed by atoms with Crippen molar-refractivity contribution >= 4 is 33.4 Å². The summed E-state index contributed by atoms with van der Waals surface area (Å²) in [5.41, 5.74) is 13.5. The summed E-state index contributed by atoms with van der Waals surface area (Å²) in [6, 6.07) is 5.43. The van der Waals surface area contributed by atoms with Crippen molar-refractivity contribution in [3.05, 3.63) is 40.4 Å². The highest BCUT2D eigenvalue weighted by atomic mass is 79.9. The molecule has 1 aromatic carbocycles. The zero-order valence-electron chi connectivity index (χ0n) is 16.8. The number of rotatable bonds is 4. The molecule has 4 N–H and O–H groups in total. The van der Waals surface area contributed by atoms with Crippen LogP contribution in [0.25, 0.3) is 0 Å². The third-order valence-electron chi connectivity index (χ3n) is 7.29. The van der Waals surface area contributed by atoms with Crippen LogP contribution in [0.15, 0.2) is 34.4 Å². The Morgan fingerprint density at radius 3 is 2.70 bits per heavy atom. The molecule has 2 aromatic rings. The van der Waals surface area contributed by atoms with Gasteiger partial charge in [-0.05, 0) is 84.8 Å². The van der Waals surface area contributed by atoms with E-state index in [9.17, 15) is 4.79 Å². The highest BCUT2D eigenvalue weighted by Gasteiger charge is 2.62. The number of amidine groups is 1. The Morgan fingerprint density at radius 1 is 1.30 bits per heavy atom. The first-order chi connectivity index (χ1) is 14.3. The molecule has 4 saturated carbocycles. The van der Waals surface area contributed by atoms with Gasteiger partial charge in [-0.1, -0.05) is 17.3 Å². The van der Waals surface area contributed by atoms with Gasteiger partial charge in [0.15, 0.2) is 5.84 Å². The van der Waals surface area contributed by atoms with E-state index in [-0.39, 0.29) is 17.3 Å². The van der Waals surface area contributed by atoms with Gasteiger partial charge in [-0.15, -0.1) is 5.10 Å². The van der Waals surface area contributed by atoms with E-state index in [4.69, 9.17) is 16.3 Å². The molecule has 2 atom stereocenters. The van der Waals surface area contributed by atoms with Gasteiger partial charge in [0, 0.05) is 11.3 Å². The number of nitrogens with zero attached hydrogens (tertiary/aromatic N) is 4. The molecule has 1 heterocycles. The Morgan fingerprint density at radius 2 is 2.03 bits per heavy atom. The van der Waals surface area contributed by atoms with E-state index >= 15 is 0 Å². The van der Waals surface area contributed by atoms with Crippen molar-refractivity contribution in [1.82, 2.24) is 14.8 Å². The lowest BCUT2D eigenvalue weighted by atomic mass is 9.47. The van der Waals surface area contributed by atoms with E-state index in [0.29, 0.717) is 34.2 Å². The molecule has 4 fully saturated rings. The van der Waals surface area contributed by atoms with Gasteiger partial charge in [-0.3, -0.25) is 0 Å². The Balaban J connectivity index is 1.41. The first-order valence-corrected chi connectivity index (χ1v) is 11.1. The Kier molecular flexibility index (Phi) is 4.43. The molecule has 8 nitrogen and oxygen atoms in total. The summed E-state index contributed by atoms with van der Waals surface area (Å²) in [4.78, 5) is 23.0. The van der Waals surface area contributed by atoms with Gasteiger partial charge in [0.1, 0.15) is 6.33 Å². The van der Waals surface area contributed by atoms with Gasteiger partial charge >= 0.3 is 5.97 Å². The zero-order valence-corrected chi connectivity index (χ0v) is 18.4. The number of nitrogens with two attached hydrogens (primary N) is 2. The average molecular weight is 473 g/mol. The number of anilines is 1. The number of aromatic nitrogens is 3. The van der Waals surface area contributed by atoms with E-state index in [1.807, 2.05) is 17.7 Å². The number of carbonyl (C=O) groups excluding carboxylic acids is 1. The van der Waals surface area contributed by atoms with E-state index in [1.165, 1.54) is 6.42 Å². The predicted octanol–water partition coefficient (Wildman–Crippen LogP) is 3.09. The van der Waals surface area contributed by atoms with Crippen molar-refractivity contribution in [2.75, 3.05) is 5.73 Å². The van der Waals surface area contributed by atoms with Crippen LogP contribution in [0.3, 0.4) is 0 Å². The Hall–Kier alpha value is -2.42. The van der Waals surface area contributed by atoms with Crippen molar-refractivity contribution in [3.8, 4) is 0 Å². The first-order valence-electron chi connectivity index (χ1n) is 10.3. The lowest BCUT2D eigenvalue weighted by Crippen LogP contribution is -2.59. The smallest absolute Gasteiger partial charge is 0.341 e. The predicted molar refractivity (Wildman–Crippen MR) is 115 cm³/mol. The molecule has 0 spiro atoms. The monoisotopic (exact) mass is 472 g/mol. The SMILES string of the molecule is Cc1c(N)cccc1/C(N)=N/OC(=O)C12CC3CC(C1)CC(n1cnc(Br)n1)(C3)C2. The summed E-state index contributed by atoms with van der Waals surface area (Å²) >= 11 is 3.35. The summed E-state index contributed by atoms with van der Waals surface area (Å²) in [6.45, 7) is 1.87. The molecular weight excluding hydrogens is 448 g/mol. The number of halogens is 1. The Labute approximate surface area is 183 Å². The van der Waals surface area contributed by atoms with Crippen LogP contribution in [-0.4, -0.2) is 26.6 Å². The minimum Gasteiger partial charge on any atom is -0.398 e. The van der Waals surface area contributed by atoms with Crippen molar-refractivity contribution < 1.29 is 9.63 Å². The fourth-order valence-corrected chi connectivity index (χ4v) is 6.62. The van der Waals surface area contributed by atoms with Crippen LogP contribution in [0, 0.1) is 24.2 Å². The van der Waals surface area contributed by atoms with Crippen LogP contribution < -0.4 is 11.5 Å². The molecule has 0 saturated heterocycles. The van der Waals surface area contributed by atoms with Crippen LogP contribution in [-0.2, 0) is 15.2 Å². The molecule has 9 heteroatoms. The largest absolute Gasteiger partial charge is 0.398 e. The van der Waals surface area contributed by atoms with Crippen LogP contribution in [0.2, 0.25) is 0 Å². The maximum atomic E-state index is 13.3. The number of hydrogen-bond acceptors (Lipinski definition) is 6. The number of benzene rings is 1. The van der Waals surface area contributed by atoms with Gasteiger partial charge in [0.25, 0.3) is 0 Å². The van der Waals surface area contributed by atoms with Gasteiger partial charge in [0.2, 0.25) is 4.73 Å². The maximum Gasteiger partial charge on any atom is 0.341 e. The third kappa shape index (κ3) is 3.02. The summed E-state index contributed by atoms with van der Waals surface area (Å²) < 4.78 is 2.54. The molecule has 158 valence electrons. The fraction of sp³-hybridized carbons (Fsp3) is 0.524. The summed E-state index contributed by atoms with van der Waals surface area (Å²) in [5, 5.41) is 8.53. The molecule has 30 heavy (non-hydrogen) atoms. The standard InChI is InChI=1S/C21H25BrN6O2/c1-12-15(3-2-4-16(12)23)17(24)27-30-18(29)20-6-13-5-14(7-20)9-21(8-13,10-20)28-11-25-19(22)26-28/h2-4,11,13-14H,5-10,23H2,1H3,(H2,24,27). The lowest BCUT2D eigenvalue weighted by molar-refractivity contribution is -0.179. The van der Waals surface area contributed by atoms with Crippen LogP contribution in [0.4, 0.5) is 5.69 Å². The number of oxime groups is 1. The quantitative estimate of drug-likeness (QED) is 0.231. The molecule has 6 rings (SSSR count). The topological polar surface area (TPSA) is 121 Å². The second-order valence-corrected chi connectivity index (χ2v) is 10.0. The number of nitrogen functional groups attached to an aromatic ring is 1. The van der Waals surface area contributed by atoms with Crippen LogP contribution >= 0.6 is 15.9 Å². The van der Waals surface area contributed by atoms with E-state index in [1.54, 1.807) is 18.5 Å². The van der Waals surface area contributed by atoms with Crippen molar-refractivity contribution in [2.24, 2.45) is 28.1 Å². The highest BCUT2D eigenvalue weighted by molar-refractivity contribution is 9.10. The van der Waals surface area contributed by atoms with E-state index < -0.39 is 5.41 Å². The van der Waals surface area contributed by atoms with Gasteiger partial charge in [-0.2, -0.15) is 0 Å². The van der Waals surface area contributed by atoms with Gasteiger partial charge in [0.05, 0.1) is 11.0 Å².